The van der Waals surface area contributed by atoms with E-state index in [0.29, 0.717) is 17.0 Å². The van der Waals surface area contributed by atoms with Crippen molar-refractivity contribution in [3.05, 3.63) is 71.8 Å². The first-order valence-corrected chi connectivity index (χ1v) is 9.92. The number of aryl methyl sites for hydroxylation is 1. The number of carbonyl (C=O) groups excluding carboxylic acids is 3. The van der Waals surface area contributed by atoms with E-state index in [1.165, 1.54) is 4.90 Å². The fourth-order valence-electron chi connectivity index (χ4n) is 4.84. The quantitative estimate of drug-likeness (QED) is 0.447. The molecule has 5 heteroatoms. The summed E-state index contributed by atoms with van der Waals surface area (Å²) >= 11 is 0. The van der Waals surface area contributed by atoms with Crippen molar-refractivity contribution in [3.63, 3.8) is 0 Å². The molecule has 2 amide bonds. The number of anilines is 1. The lowest BCUT2D eigenvalue weighted by molar-refractivity contribution is -0.123. The molecule has 146 valence electrons. The van der Waals surface area contributed by atoms with Crippen LogP contribution in [0.5, 0.6) is 5.75 Å². The smallest absolute Gasteiger partial charge is 0.238 e. The average molecular weight is 387 g/mol. The molecule has 2 aliphatic carbocycles. The number of nitrogens with zero attached hydrogens (tertiary/aromatic N) is 1. The highest BCUT2D eigenvalue weighted by molar-refractivity contribution is 6.22. The van der Waals surface area contributed by atoms with Gasteiger partial charge in [0.2, 0.25) is 11.8 Å². The Morgan fingerprint density at radius 2 is 1.66 bits per heavy atom. The van der Waals surface area contributed by atoms with Crippen LogP contribution in [0.1, 0.15) is 22.3 Å². The lowest BCUT2D eigenvalue weighted by Gasteiger charge is -2.18. The summed E-state index contributed by atoms with van der Waals surface area (Å²) in [6, 6.07) is 14.2. The molecule has 1 heterocycles. The lowest BCUT2D eigenvalue weighted by Crippen LogP contribution is -2.32. The Morgan fingerprint density at radius 3 is 2.31 bits per heavy atom. The summed E-state index contributed by atoms with van der Waals surface area (Å²) in [5, 5.41) is 0. The molecule has 2 aromatic rings. The number of hydrogen-bond acceptors (Lipinski definition) is 4. The van der Waals surface area contributed by atoms with Gasteiger partial charge in [0.05, 0.1) is 17.5 Å². The molecule has 5 nitrogen and oxygen atoms in total. The predicted octanol–water partition coefficient (Wildman–Crippen LogP) is 3.57. The van der Waals surface area contributed by atoms with Gasteiger partial charge >= 0.3 is 0 Å². The third-order valence-corrected chi connectivity index (χ3v) is 6.29. The van der Waals surface area contributed by atoms with E-state index in [9.17, 15) is 14.4 Å². The Balaban J connectivity index is 1.31. The molecule has 1 saturated carbocycles. The zero-order chi connectivity index (χ0) is 20.1. The van der Waals surface area contributed by atoms with E-state index in [4.69, 9.17) is 4.74 Å². The second-order valence-electron chi connectivity index (χ2n) is 8.09. The molecule has 4 atom stereocenters. The fourth-order valence-corrected chi connectivity index (χ4v) is 4.84. The Morgan fingerprint density at radius 1 is 1.00 bits per heavy atom. The summed E-state index contributed by atoms with van der Waals surface area (Å²) in [5.41, 5.74) is 2.19. The number of carbonyl (C=O) groups is 3. The summed E-state index contributed by atoms with van der Waals surface area (Å²) in [4.78, 5) is 39.5. The summed E-state index contributed by atoms with van der Waals surface area (Å²) in [7, 11) is 0. The number of benzene rings is 2. The molecule has 1 saturated heterocycles. The standard InChI is InChI=1S/C24H21NO4/c1-14-5-7-15(8-6-14)20(26)13-29-19-4-2-3-18(12-19)25-23(27)21-16-9-10-17(11-16)22(21)24(25)28/h2-10,12,16-17,21-22H,11,13H2,1H3/t16-,17-,21-,22-/m0/s1. The zero-order valence-electron chi connectivity index (χ0n) is 16.1. The van der Waals surface area contributed by atoms with Gasteiger partial charge in [-0.15, -0.1) is 0 Å². The van der Waals surface area contributed by atoms with Crippen LogP contribution in [0.3, 0.4) is 0 Å². The molecule has 1 aliphatic heterocycles. The second kappa shape index (κ2) is 6.69. The van der Waals surface area contributed by atoms with E-state index in [1.807, 2.05) is 19.1 Å². The molecule has 0 aromatic heterocycles. The number of hydrogen-bond donors (Lipinski definition) is 0. The second-order valence-corrected chi connectivity index (χ2v) is 8.09. The number of amides is 2. The zero-order valence-corrected chi connectivity index (χ0v) is 16.1. The number of ether oxygens (including phenoxy) is 1. The van der Waals surface area contributed by atoms with E-state index in [2.05, 4.69) is 12.2 Å². The topological polar surface area (TPSA) is 63.7 Å². The van der Waals surface area contributed by atoms with Crippen LogP contribution in [0.25, 0.3) is 0 Å². The maximum Gasteiger partial charge on any atom is 0.238 e. The Hall–Kier alpha value is -3.21. The van der Waals surface area contributed by atoms with Crippen LogP contribution in [-0.4, -0.2) is 24.2 Å². The fraction of sp³-hybridized carbons (Fsp3) is 0.292. The summed E-state index contributed by atoms with van der Waals surface area (Å²) in [5.74, 6) is -0.0107. The van der Waals surface area contributed by atoms with Gasteiger partial charge in [0.1, 0.15) is 5.75 Å². The van der Waals surface area contributed by atoms with Crippen molar-refractivity contribution in [3.8, 4) is 5.75 Å². The van der Waals surface area contributed by atoms with Crippen molar-refractivity contribution in [2.24, 2.45) is 23.7 Å². The molecule has 2 fully saturated rings. The molecule has 3 aliphatic rings. The Kier molecular flexibility index (Phi) is 4.12. The first-order valence-electron chi connectivity index (χ1n) is 9.92. The number of rotatable bonds is 5. The van der Waals surface area contributed by atoms with Crippen LogP contribution < -0.4 is 9.64 Å². The molecule has 0 radical (unpaired) electrons. The van der Waals surface area contributed by atoms with E-state index in [0.717, 1.165) is 12.0 Å². The number of imide groups is 1. The maximum atomic E-state index is 13.0. The minimum atomic E-state index is -0.231. The first kappa shape index (κ1) is 17.9. The monoisotopic (exact) mass is 387 g/mol. The third kappa shape index (κ3) is 2.89. The van der Waals surface area contributed by atoms with Gasteiger partial charge < -0.3 is 4.74 Å². The van der Waals surface area contributed by atoms with E-state index >= 15 is 0 Å². The van der Waals surface area contributed by atoms with Crippen molar-refractivity contribution in [2.75, 3.05) is 11.5 Å². The highest BCUT2D eigenvalue weighted by atomic mass is 16.5. The van der Waals surface area contributed by atoms with Crippen LogP contribution in [0.2, 0.25) is 0 Å². The minimum Gasteiger partial charge on any atom is -0.485 e. The van der Waals surface area contributed by atoms with Gasteiger partial charge in [0.15, 0.2) is 12.4 Å². The predicted molar refractivity (Wildman–Crippen MR) is 108 cm³/mol. The molecule has 0 unspecified atom stereocenters. The van der Waals surface area contributed by atoms with Crippen LogP contribution in [0, 0.1) is 30.6 Å². The van der Waals surface area contributed by atoms with Crippen molar-refractivity contribution >= 4 is 23.3 Å². The SMILES string of the molecule is Cc1ccc(C(=O)COc2cccc(N3C(=O)[C@@H]4[C@@H](C3=O)[C@H]3C=C[C@H]4C3)c2)cc1. The van der Waals surface area contributed by atoms with E-state index in [-0.39, 0.29) is 47.9 Å². The van der Waals surface area contributed by atoms with Crippen molar-refractivity contribution < 1.29 is 19.1 Å². The van der Waals surface area contributed by atoms with Crippen LogP contribution in [-0.2, 0) is 9.59 Å². The molecule has 0 N–H and O–H groups in total. The van der Waals surface area contributed by atoms with Gasteiger partial charge in [-0.05, 0) is 37.3 Å². The van der Waals surface area contributed by atoms with E-state index < -0.39 is 0 Å². The van der Waals surface area contributed by atoms with Gasteiger partial charge in [-0.1, -0.05) is 48.0 Å². The van der Waals surface area contributed by atoms with Gasteiger partial charge in [0.25, 0.3) is 0 Å². The normalized spacial score (nSPS) is 26.9. The van der Waals surface area contributed by atoms with Gasteiger partial charge in [-0.2, -0.15) is 0 Å². The highest BCUT2D eigenvalue weighted by Gasteiger charge is 2.59. The van der Waals surface area contributed by atoms with E-state index in [1.54, 1.807) is 36.4 Å². The summed E-state index contributed by atoms with van der Waals surface area (Å²) < 4.78 is 5.66. The number of Topliss-reactive ketones (excluding diaryl/α,β-unsaturated/α-hetero) is 1. The van der Waals surface area contributed by atoms with Gasteiger partial charge in [-0.3, -0.25) is 14.4 Å². The molecular formula is C24H21NO4. The Labute approximate surface area is 169 Å². The molecule has 5 rings (SSSR count). The lowest BCUT2D eigenvalue weighted by atomic mass is 9.85. The van der Waals surface area contributed by atoms with Gasteiger partial charge in [-0.25, -0.2) is 4.90 Å². The van der Waals surface area contributed by atoms with Crippen molar-refractivity contribution in [2.45, 2.75) is 13.3 Å². The Bertz CT molecular complexity index is 1010. The highest BCUT2D eigenvalue weighted by Crippen LogP contribution is 2.53. The maximum absolute atomic E-state index is 13.0. The average Bonchev–Trinajstić information content (AvgIpc) is 3.41. The number of ketones is 1. The first-order chi connectivity index (χ1) is 14.0. The summed E-state index contributed by atoms with van der Waals surface area (Å²) in [6.07, 6.45) is 5.07. The van der Waals surface area contributed by atoms with Crippen LogP contribution in [0.15, 0.2) is 60.7 Å². The van der Waals surface area contributed by atoms with Crippen molar-refractivity contribution in [1.29, 1.82) is 0 Å². The van der Waals surface area contributed by atoms with Crippen LogP contribution >= 0.6 is 0 Å². The number of allylic oxidation sites excluding steroid dienone is 2. The largest absolute Gasteiger partial charge is 0.485 e. The molecule has 29 heavy (non-hydrogen) atoms. The van der Waals surface area contributed by atoms with Crippen molar-refractivity contribution in [1.82, 2.24) is 0 Å². The summed E-state index contributed by atoms with van der Waals surface area (Å²) in [6.45, 7) is 1.86. The minimum absolute atomic E-state index is 0.103. The number of fused-ring (bicyclic) bond motifs is 5. The van der Waals surface area contributed by atoms with Crippen LogP contribution in [0.4, 0.5) is 5.69 Å². The molecular weight excluding hydrogens is 366 g/mol. The third-order valence-electron chi connectivity index (χ3n) is 6.29. The molecule has 2 aromatic carbocycles. The molecule has 2 bridgehead atoms. The van der Waals surface area contributed by atoms with Gasteiger partial charge in [0, 0.05) is 11.6 Å². The molecule has 0 spiro atoms.